The monoisotopic (exact) mass is 477 g/mol. The fourth-order valence-corrected chi connectivity index (χ4v) is 3.84. The summed E-state index contributed by atoms with van der Waals surface area (Å²) in [6.07, 6.45) is 2.33. The van der Waals surface area contributed by atoms with Crippen molar-refractivity contribution in [3.63, 3.8) is 0 Å². The largest absolute Gasteiger partial charge is 0.383 e. The van der Waals surface area contributed by atoms with Gasteiger partial charge in [-0.05, 0) is 36.4 Å². The number of nitrogen functional groups attached to an aromatic ring is 1. The smallest absolute Gasteiger partial charge is 0.225 e. The average molecular weight is 478 g/mol. The molecule has 2 aromatic carbocycles. The van der Waals surface area contributed by atoms with Crippen LogP contribution in [0.3, 0.4) is 0 Å². The van der Waals surface area contributed by atoms with E-state index in [4.69, 9.17) is 17.3 Å². The van der Waals surface area contributed by atoms with Crippen LogP contribution in [0.5, 0.6) is 0 Å². The minimum Gasteiger partial charge on any atom is -0.383 e. The minimum atomic E-state index is -1.04. The van der Waals surface area contributed by atoms with Crippen LogP contribution in [0.2, 0.25) is 5.02 Å². The molecular weight excluding hydrogens is 460 g/mol. The van der Waals surface area contributed by atoms with Crippen LogP contribution in [0.25, 0.3) is 28.0 Å². The predicted molar refractivity (Wildman–Crippen MR) is 128 cm³/mol. The number of nitrogens with zero attached hydrogens (tertiary/aromatic N) is 5. The van der Waals surface area contributed by atoms with Crippen molar-refractivity contribution >= 4 is 34.4 Å². The number of benzene rings is 2. The molecule has 5 aromatic rings. The summed E-state index contributed by atoms with van der Waals surface area (Å²) in [5, 5.41) is 8.32. The Morgan fingerprint density at radius 3 is 2.59 bits per heavy atom. The average Bonchev–Trinajstić information content (AvgIpc) is 3.17. The molecule has 5 rings (SSSR count). The lowest BCUT2D eigenvalue weighted by molar-refractivity contribution is 0.511. The van der Waals surface area contributed by atoms with E-state index in [2.05, 4.69) is 25.4 Å². The summed E-state index contributed by atoms with van der Waals surface area (Å²) in [6, 6.07) is 16.5. The standard InChI is InChI=1S/C24H18ClF2N7/c25-16-8-1-2-10-18(16)34-22(28)19-21(15-7-5-9-17(26)20(15)27)31-24(32-23(19)33-34)30-13-11-14-6-3-4-12-29-14/h1-10,12H,11,13,28H2,(H,30,32,33). The topological polar surface area (TPSA) is 94.5 Å². The van der Waals surface area contributed by atoms with Crippen LogP contribution in [0.4, 0.5) is 20.5 Å². The number of para-hydroxylation sites is 1. The molecule has 0 saturated carbocycles. The van der Waals surface area contributed by atoms with Crippen LogP contribution in [-0.2, 0) is 6.42 Å². The molecule has 0 atom stereocenters. The third-order valence-electron chi connectivity index (χ3n) is 5.25. The van der Waals surface area contributed by atoms with Gasteiger partial charge in [-0.25, -0.2) is 18.4 Å². The van der Waals surface area contributed by atoms with E-state index in [-0.39, 0.29) is 28.7 Å². The Bertz CT molecular complexity index is 1490. The molecule has 7 nitrogen and oxygen atoms in total. The quantitative estimate of drug-likeness (QED) is 0.355. The number of hydrogen-bond donors (Lipinski definition) is 2. The van der Waals surface area contributed by atoms with E-state index in [1.807, 2.05) is 18.2 Å². The Balaban J connectivity index is 1.63. The molecule has 0 aliphatic rings. The predicted octanol–water partition coefficient (Wildman–Crippen LogP) is 5.05. The van der Waals surface area contributed by atoms with Crippen LogP contribution in [-0.4, -0.2) is 31.3 Å². The van der Waals surface area contributed by atoms with Gasteiger partial charge in [0.1, 0.15) is 5.82 Å². The maximum atomic E-state index is 14.8. The first-order valence-corrected chi connectivity index (χ1v) is 10.8. The zero-order valence-electron chi connectivity index (χ0n) is 17.7. The van der Waals surface area contributed by atoms with Crippen molar-refractivity contribution in [2.45, 2.75) is 6.42 Å². The lowest BCUT2D eigenvalue weighted by atomic mass is 10.1. The van der Waals surface area contributed by atoms with Crippen LogP contribution in [0.15, 0.2) is 66.9 Å². The molecule has 3 heterocycles. The van der Waals surface area contributed by atoms with Gasteiger partial charge in [-0.1, -0.05) is 35.9 Å². The van der Waals surface area contributed by atoms with Crippen LogP contribution < -0.4 is 11.1 Å². The second-order valence-electron chi connectivity index (χ2n) is 7.44. The number of nitrogens with one attached hydrogen (secondary N) is 1. The molecule has 0 aliphatic carbocycles. The van der Waals surface area contributed by atoms with Crippen molar-refractivity contribution in [1.29, 1.82) is 0 Å². The van der Waals surface area contributed by atoms with Crippen molar-refractivity contribution in [1.82, 2.24) is 24.7 Å². The highest BCUT2D eigenvalue weighted by Gasteiger charge is 2.22. The Labute approximate surface area is 198 Å². The number of pyridine rings is 1. The van der Waals surface area contributed by atoms with Gasteiger partial charge in [0.05, 0.1) is 21.8 Å². The van der Waals surface area contributed by atoms with Crippen molar-refractivity contribution in [3.8, 4) is 16.9 Å². The zero-order valence-corrected chi connectivity index (χ0v) is 18.5. The van der Waals surface area contributed by atoms with Gasteiger partial charge in [-0.3, -0.25) is 4.98 Å². The third-order valence-corrected chi connectivity index (χ3v) is 5.57. The Kier molecular flexibility index (Phi) is 5.77. The molecule has 3 N–H and O–H groups in total. The van der Waals surface area contributed by atoms with E-state index >= 15 is 0 Å². The first-order chi connectivity index (χ1) is 16.5. The first-order valence-electron chi connectivity index (χ1n) is 10.4. The fourth-order valence-electron chi connectivity index (χ4n) is 3.63. The number of fused-ring (bicyclic) bond motifs is 1. The maximum Gasteiger partial charge on any atom is 0.225 e. The zero-order chi connectivity index (χ0) is 23.7. The van der Waals surface area contributed by atoms with Gasteiger partial charge in [0, 0.05) is 30.4 Å². The Hall–Kier alpha value is -4.11. The minimum absolute atomic E-state index is 0.0504. The normalized spacial score (nSPS) is 11.1. The van der Waals surface area contributed by atoms with Gasteiger partial charge in [0.2, 0.25) is 5.95 Å². The van der Waals surface area contributed by atoms with Gasteiger partial charge >= 0.3 is 0 Å². The van der Waals surface area contributed by atoms with Crippen LogP contribution in [0.1, 0.15) is 5.69 Å². The van der Waals surface area contributed by atoms with Gasteiger partial charge in [-0.15, -0.1) is 5.10 Å². The van der Waals surface area contributed by atoms with Crippen LogP contribution in [0, 0.1) is 11.6 Å². The summed E-state index contributed by atoms with van der Waals surface area (Å²) in [5.74, 6) is -1.68. The van der Waals surface area contributed by atoms with Crippen LogP contribution >= 0.6 is 11.6 Å². The molecule has 0 fully saturated rings. The second kappa shape index (κ2) is 9.03. The molecule has 0 radical (unpaired) electrons. The summed E-state index contributed by atoms with van der Waals surface area (Å²) in [4.78, 5) is 13.2. The number of rotatable bonds is 6. The third kappa shape index (κ3) is 4.01. The molecule has 170 valence electrons. The summed E-state index contributed by atoms with van der Waals surface area (Å²) < 4.78 is 30.3. The molecule has 0 spiro atoms. The number of anilines is 2. The van der Waals surface area contributed by atoms with E-state index in [1.165, 1.54) is 16.8 Å². The lowest BCUT2D eigenvalue weighted by Gasteiger charge is -2.10. The van der Waals surface area contributed by atoms with Crippen molar-refractivity contribution in [2.75, 3.05) is 17.6 Å². The highest BCUT2D eigenvalue weighted by molar-refractivity contribution is 6.32. The molecule has 34 heavy (non-hydrogen) atoms. The number of halogens is 3. The first kappa shape index (κ1) is 21.7. The summed E-state index contributed by atoms with van der Waals surface area (Å²) in [7, 11) is 0. The van der Waals surface area contributed by atoms with Crippen molar-refractivity contribution in [3.05, 3.63) is 89.2 Å². The fraction of sp³-hybridized carbons (Fsp3) is 0.0833. The molecule has 0 saturated heterocycles. The molecule has 0 aliphatic heterocycles. The number of hydrogen-bond acceptors (Lipinski definition) is 6. The lowest BCUT2D eigenvalue weighted by Crippen LogP contribution is -2.09. The molecule has 10 heteroatoms. The van der Waals surface area contributed by atoms with E-state index in [0.29, 0.717) is 29.1 Å². The second-order valence-corrected chi connectivity index (χ2v) is 7.85. The van der Waals surface area contributed by atoms with Crippen molar-refractivity contribution in [2.24, 2.45) is 0 Å². The van der Waals surface area contributed by atoms with Gasteiger partial charge < -0.3 is 11.1 Å². The maximum absolute atomic E-state index is 14.8. The summed E-state index contributed by atoms with van der Waals surface area (Å²) >= 11 is 6.34. The summed E-state index contributed by atoms with van der Waals surface area (Å²) in [6.45, 7) is 0.467. The molecule has 0 unspecified atom stereocenters. The van der Waals surface area contributed by atoms with Gasteiger partial charge in [0.25, 0.3) is 0 Å². The van der Waals surface area contributed by atoms with E-state index in [9.17, 15) is 8.78 Å². The molecule has 3 aromatic heterocycles. The Morgan fingerprint density at radius 1 is 0.971 bits per heavy atom. The van der Waals surface area contributed by atoms with E-state index in [1.54, 1.807) is 30.5 Å². The highest BCUT2D eigenvalue weighted by atomic mass is 35.5. The molecule has 0 amide bonds. The molecule has 0 bridgehead atoms. The molecular formula is C24H18ClF2N7. The SMILES string of the molecule is Nc1c2c(-c3cccc(F)c3F)nc(NCCc3ccccn3)nc2nn1-c1ccccc1Cl. The Morgan fingerprint density at radius 2 is 1.79 bits per heavy atom. The van der Waals surface area contributed by atoms with Gasteiger partial charge in [-0.2, -0.15) is 4.98 Å². The van der Waals surface area contributed by atoms with Crippen molar-refractivity contribution < 1.29 is 8.78 Å². The summed E-state index contributed by atoms with van der Waals surface area (Å²) in [5.41, 5.74) is 8.11. The van der Waals surface area contributed by atoms with Gasteiger partial charge in [0.15, 0.2) is 17.3 Å². The number of nitrogens with two attached hydrogens (primary N) is 1. The number of aromatic nitrogens is 5. The highest BCUT2D eigenvalue weighted by Crippen LogP contribution is 2.35. The van der Waals surface area contributed by atoms with E-state index < -0.39 is 11.6 Å². The van der Waals surface area contributed by atoms with E-state index in [0.717, 1.165) is 11.8 Å².